The fraction of sp³-hybridized carbons (Fsp3) is 0.632. The summed E-state index contributed by atoms with van der Waals surface area (Å²) in [5, 5.41) is 0. The molecular weight excluding hydrogens is 292 g/mol. The standard InChI is InChI=1S/C19H20O2S/c20-18-13-3-1-2-4-15(13)22-19(21-18)9-12-8-14(19)17-11-6-5-10(7-11)16(12)17/h1-4,10-12,14,16-17H,5-9H2. The van der Waals surface area contributed by atoms with Crippen molar-refractivity contribution in [2.45, 2.75) is 41.9 Å². The van der Waals surface area contributed by atoms with E-state index in [2.05, 4.69) is 6.07 Å². The summed E-state index contributed by atoms with van der Waals surface area (Å²) in [6.07, 6.45) is 6.78. The van der Waals surface area contributed by atoms with Crippen LogP contribution >= 0.6 is 11.8 Å². The molecule has 0 aromatic heterocycles. The smallest absolute Gasteiger partial charge is 0.340 e. The lowest BCUT2D eigenvalue weighted by Gasteiger charge is -2.46. The van der Waals surface area contributed by atoms with E-state index in [-0.39, 0.29) is 10.9 Å². The van der Waals surface area contributed by atoms with E-state index in [1.54, 1.807) is 0 Å². The number of ether oxygens (including phenoxy) is 1. The Morgan fingerprint density at radius 2 is 1.86 bits per heavy atom. The molecule has 0 saturated heterocycles. The monoisotopic (exact) mass is 312 g/mol. The predicted octanol–water partition coefficient (Wildman–Crippen LogP) is 4.35. The minimum absolute atomic E-state index is 0.0818. The molecule has 1 heterocycles. The number of rotatable bonds is 0. The third kappa shape index (κ3) is 1.34. The highest BCUT2D eigenvalue weighted by Gasteiger charge is 2.69. The minimum Gasteiger partial charge on any atom is -0.444 e. The van der Waals surface area contributed by atoms with Crippen molar-refractivity contribution < 1.29 is 9.53 Å². The number of thioether (sulfide) groups is 1. The first kappa shape index (κ1) is 12.5. The Kier molecular flexibility index (Phi) is 2.22. The summed E-state index contributed by atoms with van der Waals surface area (Å²) in [6.45, 7) is 0. The predicted molar refractivity (Wildman–Crippen MR) is 84.5 cm³/mol. The van der Waals surface area contributed by atoms with E-state index >= 15 is 0 Å². The van der Waals surface area contributed by atoms with Gasteiger partial charge in [-0.15, -0.1) is 0 Å². The molecule has 1 aromatic carbocycles. The third-order valence-corrected chi connectivity index (χ3v) is 8.85. The van der Waals surface area contributed by atoms with E-state index in [4.69, 9.17) is 4.74 Å². The molecule has 7 unspecified atom stereocenters. The van der Waals surface area contributed by atoms with Crippen LogP contribution in [-0.2, 0) is 4.74 Å². The lowest BCUT2D eigenvalue weighted by molar-refractivity contribution is -0.0317. The molecule has 0 N–H and O–H groups in total. The van der Waals surface area contributed by atoms with Gasteiger partial charge >= 0.3 is 5.97 Å². The van der Waals surface area contributed by atoms with Gasteiger partial charge < -0.3 is 4.74 Å². The van der Waals surface area contributed by atoms with Crippen LogP contribution < -0.4 is 0 Å². The van der Waals surface area contributed by atoms with E-state index in [9.17, 15) is 4.79 Å². The molecule has 4 aliphatic carbocycles. The Labute approximate surface area is 135 Å². The summed E-state index contributed by atoms with van der Waals surface area (Å²) >= 11 is 1.87. The first-order valence-corrected chi connectivity index (χ1v) is 9.58. The first-order valence-electron chi connectivity index (χ1n) is 8.76. The molecule has 1 aromatic rings. The summed E-state index contributed by atoms with van der Waals surface area (Å²) < 4.78 is 6.14. The van der Waals surface area contributed by atoms with Crippen molar-refractivity contribution in [1.29, 1.82) is 0 Å². The lowest BCUT2D eigenvalue weighted by Crippen LogP contribution is -2.47. The molecule has 22 heavy (non-hydrogen) atoms. The molecule has 4 saturated carbocycles. The van der Waals surface area contributed by atoms with Gasteiger partial charge in [-0.2, -0.15) is 0 Å². The van der Waals surface area contributed by atoms with Gasteiger partial charge in [-0.3, -0.25) is 0 Å². The van der Waals surface area contributed by atoms with Crippen LogP contribution in [0.4, 0.5) is 0 Å². The van der Waals surface area contributed by atoms with Crippen LogP contribution in [0.15, 0.2) is 29.2 Å². The minimum atomic E-state index is -0.234. The second kappa shape index (κ2) is 3.92. The normalized spacial score (nSPS) is 50.3. The molecule has 7 atom stereocenters. The lowest BCUT2D eigenvalue weighted by atomic mass is 9.70. The fourth-order valence-electron chi connectivity index (χ4n) is 6.90. The Morgan fingerprint density at radius 1 is 1.05 bits per heavy atom. The zero-order valence-electron chi connectivity index (χ0n) is 12.5. The van der Waals surface area contributed by atoms with Crippen molar-refractivity contribution >= 4 is 17.7 Å². The molecule has 0 radical (unpaired) electrons. The maximum Gasteiger partial charge on any atom is 0.340 e. The quantitative estimate of drug-likeness (QED) is 0.526. The van der Waals surface area contributed by atoms with Gasteiger partial charge in [-0.25, -0.2) is 4.79 Å². The number of carbonyl (C=O) groups excluding carboxylic acids is 1. The summed E-state index contributed by atoms with van der Waals surface area (Å²) in [6, 6.07) is 7.99. The number of hydrogen-bond donors (Lipinski definition) is 0. The van der Waals surface area contributed by atoms with Gasteiger partial charge in [-0.05, 0) is 67.4 Å². The van der Waals surface area contributed by atoms with Gasteiger partial charge in [0.25, 0.3) is 0 Å². The Hall–Kier alpha value is -0.960. The molecule has 6 rings (SSSR count). The van der Waals surface area contributed by atoms with Crippen molar-refractivity contribution in [2.24, 2.45) is 35.5 Å². The molecular formula is C19H20O2S. The van der Waals surface area contributed by atoms with Crippen molar-refractivity contribution in [1.82, 2.24) is 0 Å². The van der Waals surface area contributed by atoms with Crippen molar-refractivity contribution in [3.05, 3.63) is 29.8 Å². The van der Waals surface area contributed by atoms with Crippen LogP contribution in [0.2, 0.25) is 0 Å². The van der Waals surface area contributed by atoms with E-state index in [0.29, 0.717) is 5.92 Å². The Bertz CT molecular complexity index is 686. The van der Waals surface area contributed by atoms with Crippen molar-refractivity contribution in [3.63, 3.8) is 0 Å². The maximum absolute atomic E-state index is 12.5. The molecule has 114 valence electrons. The molecule has 1 spiro atoms. The van der Waals surface area contributed by atoms with E-state index in [0.717, 1.165) is 46.5 Å². The number of fused-ring (bicyclic) bond motifs is 11. The van der Waals surface area contributed by atoms with Gasteiger partial charge in [0.1, 0.15) is 0 Å². The highest BCUT2D eigenvalue weighted by atomic mass is 32.2. The molecule has 2 nitrogen and oxygen atoms in total. The van der Waals surface area contributed by atoms with E-state index in [1.165, 1.54) is 25.7 Å². The maximum atomic E-state index is 12.5. The van der Waals surface area contributed by atoms with E-state index < -0.39 is 0 Å². The zero-order valence-corrected chi connectivity index (χ0v) is 13.4. The van der Waals surface area contributed by atoms with Crippen LogP contribution in [-0.4, -0.2) is 10.9 Å². The summed E-state index contributed by atoms with van der Waals surface area (Å²) in [5.41, 5.74) is 0.769. The Morgan fingerprint density at radius 3 is 2.77 bits per heavy atom. The second-order valence-corrected chi connectivity index (χ2v) is 9.43. The molecule has 1 aliphatic heterocycles. The highest BCUT2D eigenvalue weighted by Crippen LogP contribution is 2.73. The van der Waals surface area contributed by atoms with Crippen LogP contribution in [0, 0.1) is 35.5 Å². The average molecular weight is 312 g/mol. The average Bonchev–Trinajstić information content (AvgIpc) is 3.25. The highest BCUT2D eigenvalue weighted by molar-refractivity contribution is 8.00. The Balaban J connectivity index is 1.42. The number of carbonyl (C=O) groups is 1. The molecule has 5 aliphatic rings. The van der Waals surface area contributed by atoms with Crippen LogP contribution in [0.1, 0.15) is 42.5 Å². The number of benzene rings is 1. The van der Waals surface area contributed by atoms with E-state index in [1.807, 2.05) is 30.0 Å². The number of hydrogen-bond acceptors (Lipinski definition) is 3. The number of esters is 1. The van der Waals surface area contributed by atoms with Gasteiger partial charge in [0, 0.05) is 17.2 Å². The zero-order chi connectivity index (χ0) is 14.5. The van der Waals surface area contributed by atoms with Gasteiger partial charge in [-0.1, -0.05) is 23.9 Å². The van der Waals surface area contributed by atoms with Crippen LogP contribution in [0.3, 0.4) is 0 Å². The fourth-order valence-corrected chi connectivity index (χ4v) is 8.50. The third-order valence-electron chi connectivity index (χ3n) is 7.38. The second-order valence-electron chi connectivity index (χ2n) is 8.09. The summed E-state index contributed by atoms with van der Waals surface area (Å²) in [4.78, 5) is 13.4. The van der Waals surface area contributed by atoms with Crippen LogP contribution in [0.5, 0.6) is 0 Å². The molecule has 0 amide bonds. The summed E-state index contributed by atoms with van der Waals surface area (Å²) in [7, 11) is 0. The largest absolute Gasteiger partial charge is 0.444 e. The van der Waals surface area contributed by atoms with Gasteiger partial charge in [0.15, 0.2) is 4.93 Å². The topological polar surface area (TPSA) is 26.3 Å². The molecule has 4 fully saturated rings. The first-order chi connectivity index (χ1) is 10.8. The van der Waals surface area contributed by atoms with Gasteiger partial charge in [0.2, 0.25) is 0 Å². The van der Waals surface area contributed by atoms with Crippen molar-refractivity contribution in [3.8, 4) is 0 Å². The molecule has 4 bridgehead atoms. The van der Waals surface area contributed by atoms with Crippen molar-refractivity contribution in [2.75, 3.05) is 0 Å². The van der Waals surface area contributed by atoms with Crippen LogP contribution in [0.25, 0.3) is 0 Å². The van der Waals surface area contributed by atoms with Gasteiger partial charge in [0.05, 0.1) is 5.56 Å². The SMILES string of the molecule is O=C1OC2(CC3CC2C2C4CCC(C4)C32)Sc2ccccc21. The molecule has 3 heteroatoms. The summed E-state index contributed by atoms with van der Waals surface area (Å²) in [5.74, 6) is 5.09.